The minimum Gasteiger partial charge on any atom is -0.378 e. The average Bonchev–Trinajstić information content (AvgIpc) is 3.15. The summed E-state index contributed by atoms with van der Waals surface area (Å²) in [5, 5.41) is 2.94. The van der Waals surface area contributed by atoms with Gasteiger partial charge >= 0.3 is 0 Å². The summed E-state index contributed by atoms with van der Waals surface area (Å²) in [5.41, 5.74) is 2.23. The number of pyridine rings is 1. The lowest BCUT2D eigenvalue weighted by atomic mass is 10.1. The van der Waals surface area contributed by atoms with E-state index in [9.17, 15) is 4.79 Å². The number of nitrogens with one attached hydrogen (secondary N) is 1. The highest BCUT2D eigenvalue weighted by Gasteiger charge is 2.18. The molecule has 3 heterocycles. The number of hydrogen-bond donors (Lipinski definition) is 1. The summed E-state index contributed by atoms with van der Waals surface area (Å²) in [6.45, 7) is 4.83. The minimum atomic E-state index is -0.148. The number of benzene rings is 1. The lowest BCUT2D eigenvalue weighted by molar-refractivity contribution is 0.102. The van der Waals surface area contributed by atoms with E-state index in [4.69, 9.17) is 4.74 Å². The molecule has 2 aromatic heterocycles. The van der Waals surface area contributed by atoms with Crippen LogP contribution in [-0.2, 0) is 4.74 Å². The summed E-state index contributed by atoms with van der Waals surface area (Å²) in [6, 6.07) is 11.3. The lowest BCUT2D eigenvalue weighted by Gasteiger charge is -2.30. The fourth-order valence-electron chi connectivity index (χ4n) is 3.17. The molecule has 1 aliphatic rings. The summed E-state index contributed by atoms with van der Waals surface area (Å²) >= 11 is 0. The monoisotopic (exact) mass is 363 g/mol. The van der Waals surface area contributed by atoms with Crippen LogP contribution < -0.4 is 10.2 Å². The number of anilines is 2. The van der Waals surface area contributed by atoms with E-state index in [0.717, 1.165) is 30.4 Å². The number of ether oxygens (including phenoxy) is 1. The Morgan fingerprint density at radius 3 is 2.63 bits per heavy atom. The molecular formula is C20H21N5O2. The van der Waals surface area contributed by atoms with Crippen LogP contribution in [0, 0.1) is 6.92 Å². The van der Waals surface area contributed by atoms with E-state index >= 15 is 0 Å². The summed E-state index contributed by atoms with van der Waals surface area (Å²) in [6.07, 6.45) is 5.24. The first kappa shape index (κ1) is 17.2. The van der Waals surface area contributed by atoms with Crippen LogP contribution in [0.5, 0.6) is 0 Å². The molecule has 7 nitrogen and oxygen atoms in total. The van der Waals surface area contributed by atoms with Crippen molar-refractivity contribution in [2.75, 3.05) is 36.5 Å². The third-order valence-corrected chi connectivity index (χ3v) is 4.58. The van der Waals surface area contributed by atoms with Gasteiger partial charge in [-0.3, -0.25) is 9.36 Å². The van der Waals surface area contributed by atoms with E-state index < -0.39 is 0 Å². The number of amides is 1. The fraction of sp³-hybridized carbons (Fsp3) is 0.250. The fourth-order valence-corrected chi connectivity index (χ4v) is 3.17. The minimum absolute atomic E-state index is 0.148. The number of carbonyl (C=O) groups is 1. The zero-order valence-corrected chi connectivity index (χ0v) is 15.1. The van der Waals surface area contributed by atoms with Crippen molar-refractivity contribution in [1.82, 2.24) is 14.5 Å². The van der Waals surface area contributed by atoms with Gasteiger partial charge in [-0.15, -0.1) is 0 Å². The van der Waals surface area contributed by atoms with Crippen molar-refractivity contribution in [3.63, 3.8) is 0 Å². The number of para-hydroxylation sites is 1. The molecule has 0 aliphatic carbocycles. The van der Waals surface area contributed by atoms with Crippen molar-refractivity contribution in [2.24, 2.45) is 0 Å². The Morgan fingerprint density at radius 1 is 1.11 bits per heavy atom. The highest BCUT2D eigenvalue weighted by atomic mass is 16.5. The van der Waals surface area contributed by atoms with Crippen LogP contribution in [0.15, 0.2) is 55.0 Å². The van der Waals surface area contributed by atoms with Crippen molar-refractivity contribution < 1.29 is 9.53 Å². The van der Waals surface area contributed by atoms with Crippen LogP contribution in [0.4, 0.5) is 11.4 Å². The number of hydrogen-bond acceptors (Lipinski definition) is 5. The number of carbonyl (C=O) groups excluding carboxylic acids is 1. The van der Waals surface area contributed by atoms with E-state index in [1.54, 1.807) is 12.4 Å². The maximum atomic E-state index is 12.8. The second kappa shape index (κ2) is 7.59. The zero-order chi connectivity index (χ0) is 18.6. The van der Waals surface area contributed by atoms with E-state index in [1.165, 1.54) is 0 Å². The Balaban J connectivity index is 1.52. The predicted octanol–water partition coefficient (Wildman–Crippen LogP) is 2.66. The molecule has 0 unspecified atom stereocenters. The van der Waals surface area contributed by atoms with Gasteiger partial charge in [0.05, 0.1) is 30.7 Å². The van der Waals surface area contributed by atoms with Gasteiger partial charge < -0.3 is 15.0 Å². The molecule has 0 atom stereocenters. The van der Waals surface area contributed by atoms with Gasteiger partial charge in [0, 0.05) is 31.2 Å². The molecular weight excluding hydrogens is 342 g/mol. The summed E-state index contributed by atoms with van der Waals surface area (Å²) in [4.78, 5) is 23.6. The first-order chi connectivity index (χ1) is 13.2. The van der Waals surface area contributed by atoms with Crippen molar-refractivity contribution in [2.45, 2.75) is 6.92 Å². The Bertz CT molecular complexity index is 930. The van der Waals surface area contributed by atoms with Crippen LogP contribution in [0.3, 0.4) is 0 Å². The highest BCUT2D eigenvalue weighted by Crippen LogP contribution is 2.23. The Hall–Kier alpha value is -3.19. The number of rotatable bonds is 4. The van der Waals surface area contributed by atoms with Gasteiger partial charge in [0.25, 0.3) is 5.91 Å². The molecule has 27 heavy (non-hydrogen) atoms. The Morgan fingerprint density at radius 2 is 1.93 bits per heavy atom. The predicted molar refractivity (Wildman–Crippen MR) is 104 cm³/mol. The zero-order valence-electron chi connectivity index (χ0n) is 15.1. The molecule has 7 heteroatoms. The van der Waals surface area contributed by atoms with Gasteiger partial charge in [0.15, 0.2) is 0 Å². The van der Waals surface area contributed by atoms with Crippen molar-refractivity contribution >= 4 is 17.3 Å². The molecule has 1 aliphatic heterocycles. The summed E-state index contributed by atoms with van der Waals surface area (Å²) in [5.74, 6) is 1.47. The molecule has 0 spiro atoms. The van der Waals surface area contributed by atoms with Gasteiger partial charge in [-0.25, -0.2) is 9.97 Å². The normalized spacial score (nSPS) is 14.2. The van der Waals surface area contributed by atoms with Crippen LogP contribution in [0.2, 0.25) is 0 Å². The quantitative estimate of drug-likeness (QED) is 0.772. The molecule has 1 aromatic carbocycles. The van der Waals surface area contributed by atoms with Gasteiger partial charge in [-0.2, -0.15) is 0 Å². The van der Waals surface area contributed by atoms with Gasteiger partial charge in [-0.1, -0.05) is 12.1 Å². The van der Waals surface area contributed by atoms with Gasteiger partial charge in [-0.05, 0) is 31.2 Å². The van der Waals surface area contributed by atoms with E-state index in [0.29, 0.717) is 24.5 Å². The molecule has 4 rings (SSSR count). The van der Waals surface area contributed by atoms with Crippen molar-refractivity contribution in [3.8, 4) is 5.82 Å². The molecule has 0 radical (unpaired) electrons. The number of aromatic nitrogens is 3. The van der Waals surface area contributed by atoms with E-state index in [2.05, 4.69) is 20.2 Å². The van der Waals surface area contributed by atoms with Gasteiger partial charge in [0.2, 0.25) is 0 Å². The maximum absolute atomic E-state index is 12.8. The molecule has 0 bridgehead atoms. The second-order valence-corrected chi connectivity index (χ2v) is 6.32. The first-order valence-corrected chi connectivity index (χ1v) is 8.92. The van der Waals surface area contributed by atoms with Crippen LogP contribution in [-0.4, -0.2) is 46.7 Å². The van der Waals surface area contributed by atoms with E-state index in [-0.39, 0.29) is 5.91 Å². The molecule has 1 fully saturated rings. The number of imidazole rings is 1. The van der Waals surface area contributed by atoms with Crippen molar-refractivity contribution in [3.05, 3.63) is 66.4 Å². The highest BCUT2D eigenvalue weighted by molar-refractivity contribution is 6.08. The molecule has 0 saturated carbocycles. The number of nitrogens with zero attached hydrogens (tertiary/aromatic N) is 4. The molecule has 138 valence electrons. The lowest BCUT2D eigenvalue weighted by Crippen LogP contribution is -2.37. The molecule has 1 N–H and O–H groups in total. The average molecular weight is 363 g/mol. The third-order valence-electron chi connectivity index (χ3n) is 4.58. The van der Waals surface area contributed by atoms with Gasteiger partial charge in [0.1, 0.15) is 11.6 Å². The van der Waals surface area contributed by atoms with E-state index in [1.807, 2.05) is 54.1 Å². The molecule has 1 saturated heterocycles. The topological polar surface area (TPSA) is 72.3 Å². The first-order valence-electron chi connectivity index (χ1n) is 8.92. The summed E-state index contributed by atoms with van der Waals surface area (Å²) < 4.78 is 7.30. The standard InChI is InChI=1S/C20H21N5O2/c1-15-21-8-9-25(15)19-7-6-16(14-22-19)23-20(26)17-4-2-3-5-18(17)24-10-12-27-13-11-24/h2-9,14H,10-13H2,1H3,(H,23,26). The number of aryl methyl sites for hydroxylation is 1. The largest absolute Gasteiger partial charge is 0.378 e. The molecule has 3 aromatic rings. The van der Waals surface area contributed by atoms with Crippen LogP contribution >= 0.6 is 0 Å². The SMILES string of the molecule is Cc1nccn1-c1ccc(NC(=O)c2ccccc2N2CCOCC2)cn1. The Kier molecular flexibility index (Phi) is 4.84. The van der Waals surface area contributed by atoms with Crippen LogP contribution in [0.25, 0.3) is 5.82 Å². The summed E-state index contributed by atoms with van der Waals surface area (Å²) in [7, 11) is 0. The van der Waals surface area contributed by atoms with Crippen molar-refractivity contribution in [1.29, 1.82) is 0 Å². The number of morpholine rings is 1. The maximum Gasteiger partial charge on any atom is 0.257 e. The molecule has 1 amide bonds. The third kappa shape index (κ3) is 3.68. The smallest absolute Gasteiger partial charge is 0.257 e. The van der Waals surface area contributed by atoms with Crippen LogP contribution in [0.1, 0.15) is 16.2 Å². The second-order valence-electron chi connectivity index (χ2n) is 6.32. The Labute approximate surface area is 157 Å².